The second-order valence-electron chi connectivity index (χ2n) is 7.30. The number of aryl methyl sites for hydroxylation is 1. The number of aliphatic hydroxyl groups excluding tert-OH is 1. The first-order valence-electron chi connectivity index (χ1n) is 10.3. The highest BCUT2D eigenvalue weighted by Gasteiger charge is 2.28. The topological polar surface area (TPSA) is 155 Å². The molecule has 0 saturated heterocycles. The van der Waals surface area contributed by atoms with E-state index < -0.39 is 23.8 Å². The van der Waals surface area contributed by atoms with Gasteiger partial charge in [-0.25, -0.2) is 10.5 Å². The Morgan fingerprint density at radius 1 is 1.03 bits per heavy atom. The molecule has 2 aromatic carbocycles. The van der Waals surface area contributed by atoms with Crippen LogP contribution in [0.5, 0.6) is 5.75 Å². The molecule has 3 rings (SSSR count). The number of ether oxygens (including phenoxy) is 1. The van der Waals surface area contributed by atoms with Crippen LogP contribution < -0.4 is 20.9 Å². The number of benzene rings is 2. The second kappa shape index (κ2) is 11.6. The third-order valence-electron chi connectivity index (χ3n) is 4.81. The molecule has 1 atom stereocenters. The van der Waals surface area contributed by atoms with Gasteiger partial charge < -0.3 is 25.0 Å². The lowest BCUT2D eigenvalue weighted by atomic mass is 10.0. The van der Waals surface area contributed by atoms with Crippen LogP contribution in [-0.2, 0) is 23.2 Å². The summed E-state index contributed by atoms with van der Waals surface area (Å²) in [7, 11) is 1.77. The molecule has 11 heteroatoms. The molecule has 5 N–H and O–H groups in total. The molecule has 3 amide bonds. The van der Waals surface area contributed by atoms with Crippen LogP contribution in [0.1, 0.15) is 16.1 Å². The molecule has 0 bridgehead atoms. The summed E-state index contributed by atoms with van der Waals surface area (Å²) in [6.07, 6.45) is 3.25. The van der Waals surface area contributed by atoms with Gasteiger partial charge in [0.1, 0.15) is 12.4 Å². The van der Waals surface area contributed by atoms with Gasteiger partial charge in [0.2, 0.25) is 0 Å². The summed E-state index contributed by atoms with van der Waals surface area (Å²) >= 11 is 0. The highest BCUT2D eigenvalue weighted by Crippen LogP contribution is 2.23. The zero-order chi connectivity index (χ0) is 24.5. The van der Waals surface area contributed by atoms with E-state index in [-0.39, 0.29) is 25.3 Å². The van der Waals surface area contributed by atoms with Gasteiger partial charge in [-0.05, 0) is 35.4 Å². The normalized spacial score (nSPS) is 11.4. The molecular formula is C23H25N5O6. The molecule has 1 unspecified atom stereocenters. The van der Waals surface area contributed by atoms with Crippen molar-refractivity contribution in [3.05, 3.63) is 72.3 Å². The fourth-order valence-corrected chi connectivity index (χ4v) is 3.09. The fraction of sp³-hybridized carbons (Fsp3) is 0.217. The minimum absolute atomic E-state index is 0.0449. The molecule has 34 heavy (non-hydrogen) atoms. The summed E-state index contributed by atoms with van der Waals surface area (Å²) in [5, 5.41) is 22.6. The van der Waals surface area contributed by atoms with E-state index in [1.54, 1.807) is 60.5 Å². The molecule has 0 radical (unpaired) electrons. The van der Waals surface area contributed by atoms with E-state index in [1.165, 1.54) is 5.48 Å². The summed E-state index contributed by atoms with van der Waals surface area (Å²) < 4.78 is 7.03. The Balaban J connectivity index is 1.64. The minimum Gasteiger partial charge on any atom is -0.491 e. The van der Waals surface area contributed by atoms with Gasteiger partial charge in [0.15, 0.2) is 6.04 Å². The van der Waals surface area contributed by atoms with Gasteiger partial charge in [-0.3, -0.25) is 19.6 Å². The van der Waals surface area contributed by atoms with E-state index in [0.29, 0.717) is 11.4 Å². The molecule has 3 aromatic rings. The zero-order valence-electron chi connectivity index (χ0n) is 18.4. The molecule has 0 spiro atoms. The molecule has 1 aromatic heterocycles. The standard InChI is InChI=1S/C23H25N5O6/c1-28-13-18(25-14-28)12-24-22(31)20(23(32)27-33)26-21(30)17-4-2-15(3-5-17)16-6-8-19(9-7-16)34-11-10-29/h2-9,13-14,20,29,33H,10-12H2,1H3,(H,24,31)(H,26,30)(H,27,32). The van der Waals surface area contributed by atoms with Crippen LogP contribution in [0.4, 0.5) is 0 Å². The van der Waals surface area contributed by atoms with Crippen LogP contribution >= 0.6 is 0 Å². The highest BCUT2D eigenvalue weighted by molar-refractivity contribution is 6.08. The zero-order valence-corrected chi connectivity index (χ0v) is 18.4. The number of aliphatic hydroxyl groups is 1. The van der Waals surface area contributed by atoms with E-state index in [0.717, 1.165) is 11.1 Å². The van der Waals surface area contributed by atoms with E-state index in [9.17, 15) is 14.4 Å². The number of aromatic nitrogens is 2. The lowest BCUT2D eigenvalue weighted by Gasteiger charge is -2.16. The Hall–Kier alpha value is -4.22. The third kappa shape index (κ3) is 6.40. The fourth-order valence-electron chi connectivity index (χ4n) is 3.09. The van der Waals surface area contributed by atoms with Crippen molar-refractivity contribution in [1.29, 1.82) is 0 Å². The molecule has 0 saturated carbocycles. The summed E-state index contributed by atoms with van der Waals surface area (Å²) in [6, 6.07) is 12.1. The predicted octanol–water partition coefficient (Wildman–Crippen LogP) is 0.378. The molecule has 0 fully saturated rings. The second-order valence-corrected chi connectivity index (χ2v) is 7.30. The Kier molecular flexibility index (Phi) is 8.32. The average molecular weight is 467 g/mol. The van der Waals surface area contributed by atoms with Gasteiger partial charge in [0.05, 0.1) is 25.2 Å². The number of nitrogens with one attached hydrogen (secondary N) is 3. The van der Waals surface area contributed by atoms with Crippen LogP contribution in [0.25, 0.3) is 11.1 Å². The number of hydrogen-bond acceptors (Lipinski definition) is 7. The van der Waals surface area contributed by atoms with Crippen LogP contribution in [0.3, 0.4) is 0 Å². The van der Waals surface area contributed by atoms with Gasteiger partial charge in [-0.15, -0.1) is 0 Å². The minimum atomic E-state index is -1.65. The van der Waals surface area contributed by atoms with Gasteiger partial charge in [0, 0.05) is 18.8 Å². The van der Waals surface area contributed by atoms with Gasteiger partial charge >= 0.3 is 0 Å². The first-order valence-corrected chi connectivity index (χ1v) is 10.3. The molecule has 0 aliphatic carbocycles. The Bertz CT molecular complexity index is 1130. The largest absolute Gasteiger partial charge is 0.491 e. The number of nitrogens with zero attached hydrogens (tertiary/aromatic N) is 2. The lowest BCUT2D eigenvalue weighted by Crippen LogP contribution is -2.54. The van der Waals surface area contributed by atoms with Crippen LogP contribution in [-0.4, -0.2) is 56.8 Å². The summed E-state index contributed by atoms with van der Waals surface area (Å²) in [5.74, 6) is -1.91. The Labute approximate surface area is 195 Å². The van der Waals surface area contributed by atoms with E-state index >= 15 is 0 Å². The van der Waals surface area contributed by atoms with Gasteiger partial charge in [0.25, 0.3) is 17.7 Å². The number of amides is 3. The highest BCUT2D eigenvalue weighted by atomic mass is 16.5. The van der Waals surface area contributed by atoms with Crippen molar-refractivity contribution < 1.29 is 29.4 Å². The van der Waals surface area contributed by atoms with Crippen LogP contribution in [0.15, 0.2) is 61.1 Å². The first-order chi connectivity index (χ1) is 16.4. The number of hydroxylamine groups is 1. The summed E-state index contributed by atoms with van der Waals surface area (Å²) in [6.45, 7) is 0.181. The SMILES string of the molecule is Cn1cnc(CNC(=O)C(NC(=O)c2ccc(-c3ccc(OCCO)cc3)cc2)C(=O)NO)c1. The van der Waals surface area contributed by atoms with E-state index in [1.807, 2.05) is 12.1 Å². The van der Waals surface area contributed by atoms with Gasteiger partial charge in [-0.1, -0.05) is 24.3 Å². The number of imidazole rings is 1. The average Bonchev–Trinajstić information content (AvgIpc) is 3.29. The number of rotatable bonds is 10. The van der Waals surface area contributed by atoms with Gasteiger partial charge in [-0.2, -0.15) is 0 Å². The van der Waals surface area contributed by atoms with Crippen molar-refractivity contribution >= 4 is 17.7 Å². The smallest absolute Gasteiger partial charge is 0.275 e. The van der Waals surface area contributed by atoms with E-state index in [4.69, 9.17) is 15.1 Å². The number of carbonyl (C=O) groups excluding carboxylic acids is 3. The monoisotopic (exact) mass is 467 g/mol. The van der Waals surface area contributed by atoms with Crippen LogP contribution in [0, 0.1) is 0 Å². The van der Waals surface area contributed by atoms with Crippen molar-refractivity contribution in [1.82, 2.24) is 25.7 Å². The van der Waals surface area contributed by atoms with Crippen molar-refractivity contribution in [3.8, 4) is 16.9 Å². The summed E-state index contributed by atoms with van der Waals surface area (Å²) in [5.41, 5.74) is 3.90. The summed E-state index contributed by atoms with van der Waals surface area (Å²) in [4.78, 5) is 41.2. The maximum absolute atomic E-state index is 12.6. The number of carbonyl (C=O) groups is 3. The van der Waals surface area contributed by atoms with E-state index in [2.05, 4.69) is 15.6 Å². The lowest BCUT2D eigenvalue weighted by molar-refractivity contribution is -0.137. The molecule has 0 aliphatic rings. The van der Waals surface area contributed by atoms with Crippen LogP contribution in [0.2, 0.25) is 0 Å². The molecule has 0 aliphatic heterocycles. The third-order valence-corrected chi connectivity index (χ3v) is 4.81. The van der Waals surface area contributed by atoms with Crippen molar-refractivity contribution in [2.75, 3.05) is 13.2 Å². The first kappa shape index (κ1) is 24.4. The van der Waals surface area contributed by atoms with Crippen molar-refractivity contribution in [2.45, 2.75) is 12.6 Å². The quantitative estimate of drug-likeness (QED) is 0.164. The molecular weight excluding hydrogens is 442 g/mol. The van der Waals surface area contributed by atoms with Crippen molar-refractivity contribution in [2.24, 2.45) is 7.05 Å². The Morgan fingerprint density at radius 3 is 2.24 bits per heavy atom. The van der Waals surface area contributed by atoms with Crippen molar-refractivity contribution in [3.63, 3.8) is 0 Å². The predicted molar refractivity (Wildman–Crippen MR) is 121 cm³/mol. The molecule has 1 heterocycles. The molecule has 11 nitrogen and oxygen atoms in total. The maximum Gasteiger partial charge on any atom is 0.275 e. The maximum atomic E-state index is 12.6. The molecule has 178 valence electrons. The number of hydrogen-bond donors (Lipinski definition) is 5. The Morgan fingerprint density at radius 2 is 1.68 bits per heavy atom.